The fourth-order valence-corrected chi connectivity index (χ4v) is 3.67. The van der Waals surface area contributed by atoms with Crippen LogP contribution in [0.2, 0.25) is 0 Å². The summed E-state index contributed by atoms with van der Waals surface area (Å²) in [6.07, 6.45) is 4.50. The number of hydrogen-bond donors (Lipinski definition) is 1. The van der Waals surface area contributed by atoms with Gasteiger partial charge in [-0.2, -0.15) is 0 Å². The summed E-state index contributed by atoms with van der Waals surface area (Å²) in [5, 5.41) is 10.2. The average Bonchev–Trinajstić information content (AvgIpc) is 3.01. The highest BCUT2D eigenvalue weighted by atomic mass is 16.5. The van der Waals surface area contributed by atoms with Crippen LogP contribution in [-0.4, -0.2) is 62.2 Å². The zero-order chi connectivity index (χ0) is 12.4. The first-order valence-electron chi connectivity index (χ1n) is 7.33. The number of aliphatic hydroxyl groups excluding tert-OH is 1. The van der Waals surface area contributed by atoms with Crippen molar-refractivity contribution in [3.63, 3.8) is 0 Å². The van der Waals surface area contributed by atoms with E-state index in [1.165, 1.54) is 19.3 Å². The molecule has 1 spiro atoms. The van der Waals surface area contributed by atoms with Gasteiger partial charge in [0, 0.05) is 38.8 Å². The first-order valence-corrected chi connectivity index (χ1v) is 7.33. The largest absolute Gasteiger partial charge is 0.391 e. The van der Waals surface area contributed by atoms with Gasteiger partial charge in [-0.15, -0.1) is 0 Å². The van der Waals surface area contributed by atoms with E-state index in [0.717, 1.165) is 52.5 Å². The maximum atomic E-state index is 10.2. The first-order chi connectivity index (χ1) is 8.77. The molecule has 3 rings (SSSR count). The van der Waals surface area contributed by atoms with Gasteiger partial charge < -0.3 is 19.5 Å². The molecule has 3 saturated heterocycles. The van der Waals surface area contributed by atoms with Crippen molar-refractivity contribution in [2.75, 3.05) is 46.1 Å². The van der Waals surface area contributed by atoms with Gasteiger partial charge in [0.05, 0.1) is 12.7 Å². The van der Waals surface area contributed by atoms with Crippen LogP contribution in [0.3, 0.4) is 0 Å². The van der Waals surface area contributed by atoms with E-state index in [0.29, 0.717) is 11.3 Å². The number of nitrogens with zero attached hydrogens (tertiary/aromatic N) is 1. The Labute approximate surface area is 109 Å². The molecule has 0 aliphatic carbocycles. The second-order valence-electron chi connectivity index (χ2n) is 6.29. The molecule has 4 nitrogen and oxygen atoms in total. The van der Waals surface area contributed by atoms with E-state index in [1.54, 1.807) is 0 Å². The molecule has 3 heterocycles. The minimum Gasteiger partial charge on any atom is -0.391 e. The molecule has 0 radical (unpaired) electrons. The molecule has 2 atom stereocenters. The Bertz CT molecular complexity index is 272. The Morgan fingerprint density at radius 3 is 2.72 bits per heavy atom. The van der Waals surface area contributed by atoms with Crippen molar-refractivity contribution >= 4 is 0 Å². The second-order valence-corrected chi connectivity index (χ2v) is 6.29. The summed E-state index contributed by atoms with van der Waals surface area (Å²) >= 11 is 0. The van der Waals surface area contributed by atoms with Crippen molar-refractivity contribution in [1.29, 1.82) is 0 Å². The summed E-state index contributed by atoms with van der Waals surface area (Å²) in [5.74, 6) is 0.358. The Kier molecular flexibility index (Phi) is 3.89. The minimum atomic E-state index is -0.206. The second kappa shape index (κ2) is 5.45. The van der Waals surface area contributed by atoms with Gasteiger partial charge in [0.15, 0.2) is 0 Å². The van der Waals surface area contributed by atoms with Crippen molar-refractivity contribution in [2.24, 2.45) is 11.3 Å². The topological polar surface area (TPSA) is 41.9 Å². The number of β-amino-alcohol motifs (C(OH)–C–C–N with tert-alkyl or cyclic N) is 1. The quantitative estimate of drug-likeness (QED) is 0.813. The third-order valence-corrected chi connectivity index (χ3v) is 5.03. The number of rotatable bonds is 3. The highest BCUT2D eigenvalue weighted by molar-refractivity contribution is 4.92. The van der Waals surface area contributed by atoms with E-state index >= 15 is 0 Å². The fraction of sp³-hybridized carbons (Fsp3) is 1.00. The molecule has 4 heteroatoms. The Morgan fingerprint density at radius 2 is 2.00 bits per heavy atom. The van der Waals surface area contributed by atoms with E-state index in [1.807, 2.05) is 0 Å². The Hall–Kier alpha value is -0.160. The van der Waals surface area contributed by atoms with Crippen LogP contribution in [0.15, 0.2) is 0 Å². The smallest absolute Gasteiger partial charge is 0.0718 e. The van der Waals surface area contributed by atoms with Crippen LogP contribution in [-0.2, 0) is 9.47 Å². The summed E-state index contributed by atoms with van der Waals surface area (Å²) in [6, 6.07) is 0. The van der Waals surface area contributed by atoms with Crippen LogP contribution < -0.4 is 0 Å². The zero-order valence-corrected chi connectivity index (χ0v) is 11.1. The highest BCUT2D eigenvalue weighted by Gasteiger charge is 2.40. The van der Waals surface area contributed by atoms with Gasteiger partial charge in [0.2, 0.25) is 0 Å². The predicted octanol–water partition coefficient (Wildman–Crippen LogP) is 0.886. The molecular weight excluding hydrogens is 230 g/mol. The molecule has 3 fully saturated rings. The lowest BCUT2D eigenvalue weighted by Gasteiger charge is -2.33. The predicted molar refractivity (Wildman–Crippen MR) is 68.5 cm³/mol. The molecule has 0 aromatic heterocycles. The van der Waals surface area contributed by atoms with Crippen LogP contribution in [0.1, 0.15) is 25.7 Å². The van der Waals surface area contributed by atoms with Gasteiger partial charge in [-0.1, -0.05) is 0 Å². The molecule has 104 valence electrons. The summed E-state index contributed by atoms with van der Waals surface area (Å²) in [5.41, 5.74) is 0.490. The van der Waals surface area contributed by atoms with E-state index in [2.05, 4.69) is 4.90 Å². The molecule has 0 bridgehead atoms. The third kappa shape index (κ3) is 2.72. The normalized spacial score (nSPS) is 34.2. The minimum absolute atomic E-state index is 0.206. The maximum absolute atomic E-state index is 10.2. The van der Waals surface area contributed by atoms with Crippen LogP contribution in [0, 0.1) is 11.3 Å². The molecule has 3 aliphatic heterocycles. The monoisotopic (exact) mass is 255 g/mol. The molecule has 3 aliphatic rings. The van der Waals surface area contributed by atoms with E-state index in [4.69, 9.17) is 9.47 Å². The lowest BCUT2D eigenvalue weighted by molar-refractivity contribution is 0.0136. The van der Waals surface area contributed by atoms with Gasteiger partial charge in [0.25, 0.3) is 0 Å². The summed E-state index contributed by atoms with van der Waals surface area (Å²) in [6.45, 7) is 6.54. The van der Waals surface area contributed by atoms with E-state index < -0.39 is 0 Å². The molecule has 0 aromatic carbocycles. The van der Waals surface area contributed by atoms with Gasteiger partial charge >= 0.3 is 0 Å². The van der Waals surface area contributed by atoms with Crippen LogP contribution >= 0.6 is 0 Å². The SMILES string of the molecule is OC(CN1CCC2(CCOCC2)C1)C1CCOC1. The molecule has 2 unspecified atom stereocenters. The first kappa shape index (κ1) is 12.9. The van der Waals surface area contributed by atoms with Crippen LogP contribution in [0.4, 0.5) is 0 Å². The van der Waals surface area contributed by atoms with E-state index in [9.17, 15) is 5.11 Å². The lowest BCUT2D eigenvalue weighted by atomic mass is 9.80. The Balaban J connectivity index is 1.49. The van der Waals surface area contributed by atoms with Crippen molar-refractivity contribution in [3.05, 3.63) is 0 Å². The summed E-state index contributed by atoms with van der Waals surface area (Å²) < 4.78 is 10.8. The van der Waals surface area contributed by atoms with E-state index in [-0.39, 0.29) is 6.10 Å². The number of hydrogen-bond acceptors (Lipinski definition) is 4. The maximum Gasteiger partial charge on any atom is 0.0718 e. The van der Waals surface area contributed by atoms with Crippen molar-refractivity contribution in [2.45, 2.75) is 31.8 Å². The number of likely N-dealkylation sites (tertiary alicyclic amines) is 1. The Morgan fingerprint density at radius 1 is 1.17 bits per heavy atom. The van der Waals surface area contributed by atoms with Gasteiger partial charge in [0.1, 0.15) is 0 Å². The molecule has 0 amide bonds. The zero-order valence-electron chi connectivity index (χ0n) is 11.1. The molecule has 0 saturated carbocycles. The lowest BCUT2D eigenvalue weighted by Crippen LogP contribution is -2.38. The molecular formula is C14H25NO3. The van der Waals surface area contributed by atoms with Crippen LogP contribution in [0.5, 0.6) is 0 Å². The average molecular weight is 255 g/mol. The summed E-state index contributed by atoms with van der Waals surface area (Å²) in [7, 11) is 0. The molecule has 1 N–H and O–H groups in total. The van der Waals surface area contributed by atoms with Crippen molar-refractivity contribution < 1.29 is 14.6 Å². The van der Waals surface area contributed by atoms with Gasteiger partial charge in [-0.05, 0) is 37.6 Å². The van der Waals surface area contributed by atoms with Crippen molar-refractivity contribution in [3.8, 4) is 0 Å². The molecule has 0 aromatic rings. The standard InChI is InChI=1S/C14H25NO3/c16-13(12-1-6-18-10-12)9-15-5-2-14(11-15)3-7-17-8-4-14/h12-13,16H,1-11H2. The van der Waals surface area contributed by atoms with Crippen LogP contribution in [0.25, 0.3) is 0 Å². The fourth-order valence-electron chi connectivity index (χ4n) is 3.67. The van der Waals surface area contributed by atoms with Crippen molar-refractivity contribution in [1.82, 2.24) is 4.90 Å². The highest BCUT2D eigenvalue weighted by Crippen LogP contribution is 2.39. The number of aliphatic hydroxyl groups is 1. The summed E-state index contributed by atoms with van der Waals surface area (Å²) in [4.78, 5) is 2.45. The third-order valence-electron chi connectivity index (χ3n) is 5.03. The number of ether oxygens (including phenoxy) is 2. The molecule has 18 heavy (non-hydrogen) atoms. The van der Waals surface area contributed by atoms with Gasteiger partial charge in [-0.3, -0.25) is 0 Å². The van der Waals surface area contributed by atoms with Gasteiger partial charge in [-0.25, -0.2) is 0 Å².